The molecule has 0 saturated carbocycles. The van der Waals surface area contributed by atoms with E-state index in [-0.39, 0.29) is 11.9 Å². The standard InChI is InChI=1S/C15H24N2O/c1-11(2)9-17-15(18)13(4)16-10-14-7-5-6-12(3)8-14/h5-8,11,13,16H,9-10H2,1-4H3,(H,17,18). The van der Waals surface area contributed by atoms with Crippen LogP contribution in [0.25, 0.3) is 0 Å². The molecule has 1 aromatic carbocycles. The van der Waals surface area contributed by atoms with Crippen molar-refractivity contribution in [3.8, 4) is 0 Å². The minimum Gasteiger partial charge on any atom is -0.354 e. The van der Waals surface area contributed by atoms with Crippen LogP contribution in [0, 0.1) is 12.8 Å². The van der Waals surface area contributed by atoms with Crippen LogP contribution < -0.4 is 10.6 Å². The Bertz CT molecular complexity index is 388. The number of benzene rings is 1. The Hall–Kier alpha value is -1.35. The number of aryl methyl sites for hydroxylation is 1. The summed E-state index contributed by atoms with van der Waals surface area (Å²) >= 11 is 0. The molecule has 0 heterocycles. The SMILES string of the molecule is Cc1cccc(CNC(C)C(=O)NCC(C)C)c1. The van der Waals surface area contributed by atoms with Crippen molar-refractivity contribution in [1.82, 2.24) is 10.6 Å². The van der Waals surface area contributed by atoms with Crippen LogP contribution >= 0.6 is 0 Å². The van der Waals surface area contributed by atoms with Gasteiger partial charge in [0.2, 0.25) is 5.91 Å². The molecule has 0 aliphatic rings. The summed E-state index contributed by atoms with van der Waals surface area (Å²) in [4.78, 5) is 11.8. The molecule has 1 rings (SSSR count). The van der Waals surface area contributed by atoms with Gasteiger partial charge < -0.3 is 10.6 Å². The highest BCUT2D eigenvalue weighted by Gasteiger charge is 2.11. The summed E-state index contributed by atoms with van der Waals surface area (Å²) in [5.41, 5.74) is 2.45. The van der Waals surface area contributed by atoms with Gasteiger partial charge in [-0.05, 0) is 25.3 Å². The fraction of sp³-hybridized carbons (Fsp3) is 0.533. The lowest BCUT2D eigenvalue weighted by atomic mass is 10.1. The molecule has 100 valence electrons. The van der Waals surface area contributed by atoms with E-state index in [2.05, 4.69) is 49.6 Å². The predicted molar refractivity (Wildman–Crippen MR) is 75.3 cm³/mol. The van der Waals surface area contributed by atoms with Crippen molar-refractivity contribution in [2.75, 3.05) is 6.54 Å². The van der Waals surface area contributed by atoms with Gasteiger partial charge in [0.05, 0.1) is 6.04 Å². The average Bonchev–Trinajstić information content (AvgIpc) is 2.33. The second kappa shape index (κ2) is 7.17. The van der Waals surface area contributed by atoms with E-state index in [0.717, 1.165) is 13.1 Å². The van der Waals surface area contributed by atoms with E-state index in [9.17, 15) is 4.79 Å². The Morgan fingerprint density at radius 1 is 1.28 bits per heavy atom. The normalized spacial score (nSPS) is 12.5. The molecule has 1 atom stereocenters. The van der Waals surface area contributed by atoms with E-state index in [0.29, 0.717) is 5.92 Å². The summed E-state index contributed by atoms with van der Waals surface area (Å²) in [6.07, 6.45) is 0. The van der Waals surface area contributed by atoms with Crippen LogP contribution in [-0.2, 0) is 11.3 Å². The summed E-state index contributed by atoms with van der Waals surface area (Å²) < 4.78 is 0. The molecular weight excluding hydrogens is 224 g/mol. The number of amides is 1. The van der Waals surface area contributed by atoms with Gasteiger partial charge in [-0.1, -0.05) is 43.7 Å². The van der Waals surface area contributed by atoms with Gasteiger partial charge in [-0.25, -0.2) is 0 Å². The monoisotopic (exact) mass is 248 g/mol. The molecule has 1 unspecified atom stereocenters. The minimum absolute atomic E-state index is 0.0661. The van der Waals surface area contributed by atoms with Crippen LogP contribution in [0.1, 0.15) is 31.9 Å². The van der Waals surface area contributed by atoms with Gasteiger partial charge >= 0.3 is 0 Å². The number of carbonyl (C=O) groups excluding carboxylic acids is 1. The largest absolute Gasteiger partial charge is 0.354 e. The van der Waals surface area contributed by atoms with E-state index in [1.165, 1.54) is 11.1 Å². The summed E-state index contributed by atoms with van der Waals surface area (Å²) in [6, 6.07) is 8.15. The van der Waals surface area contributed by atoms with Crippen molar-refractivity contribution in [2.45, 2.75) is 40.3 Å². The molecule has 3 heteroatoms. The van der Waals surface area contributed by atoms with E-state index < -0.39 is 0 Å². The number of carbonyl (C=O) groups is 1. The highest BCUT2D eigenvalue weighted by molar-refractivity contribution is 5.81. The van der Waals surface area contributed by atoms with Gasteiger partial charge in [-0.15, -0.1) is 0 Å². The van der Waals surface area contributed by atoms with Crippen LogP contribution in [0.5, 0.6) is 0 Å². The van der Waals surface area contributed by atoms with E-state index >= 15 is 0 Å². The van der Waals surface area contributed by atoms with Crippen molar-refractivity contribution in [3.63, 3.8) is 0 Å². The number of nitrogens with one attached hydrogen (secondary N) is 2. The van der Waals surface area contributed by atoms with E-state index in [4.69, 9.17) is 0 Å². The number of rotatable bonds is 6. The molecule has 0 aliphatic carbocycles. The molecule has 0 bridgehead atoms. The Morgan fingerprint density at radius 2 is 2.00 bits per heavy atom. The molecule has 0 aromatic heterocycles. The van der Waals surface area contributed by atoms with E-state index in [1.54, 1.807) is 0 Å². The van der Waals surface area contributed by atoms with Gasteiger partial charge in [-0.3, -0.25) is 4.79 Å². The molecule has 0 radical (unpaired) electrons. The number of hydrogen-bond donors (Lipinski definition) is 2. The quantitative estimate of drug-likeness (QED) is 0.810. The van der Waals surface area contributed by atoms with Crippen LogP contribution in [0.15, 0.2) is 24.3 Å². The zero-order valence-corrected chi connectivity index (χ0v) is 11.8. The molecular formula is C15H24N2O. The molecule has 1 aromatic rings. The van der Waals surface area contributed by atoms with Crippen LogP contribution in [0.2, 0.25) is 0 Å². The molecule has 0 saturated heterocycles. The summed E-state index contributed by atoms with van der Waals surface area (Å²) in [5.74, 6) is 0.550. The van der Waals surface area contributed by atoms with Crippen molar-refractivity contribution in [2.24, 2.45) is 5.92 Å². The fourth-order valence-corrected chi connectivity index (χ4v) is 1.64. The van der Waals surface area contributed by atoms with Gasteiger partial charge in [0, 0.05) is 13.1 Å². The lowest BCUT2D eigenvalue weighted by Crippen LogP contribution is -2.42. The zero-order valence-electron chi connectivity index (χ0n) is 11.8. The first-order valence-electron chi connectivity index (χ1n) is 6.55. The van der Waals surface area contributed by atoms with Gasteiger partial charge in [0.15, 0.2) is 0 Å². The van der Waals surface area contributed by atoms with Gasteiger partial charge in [0.25, 0.3) is 0 Å². The van der Waals surface area contributed by atoms with Crippen LogP contribution in [0.3, 0.4) is 0 Å². The summed E-state index contributed by atoms with van der Waals surface area (Å²) in [7, 11) is 0. The molecule has 3 nitrogen and oxygen atoms in total. The second-order valence-electron chi connectivity index (χ2n) is 5.23. The Kier molecular flexibility index (Phi) is 5.86. The second-order valence-corrected chi connectivity index (χ2v) is 5.23. The minimum atomic E-state index is -0.163. The lowest BCUT2D eigenvalue weighted by Gasteiger charge is -2.15. The molecule has 18 heavy (non-hydrogen) atoms. The van der Waals surface area contributed by atoms with Crippen molar-refractivity contribution in [1.29, 1.82) is 0 Å². The Morgan fingerprint density at radius 3 is 2.61 bits per heavy atom. The first-order chi connectivity index (χ1) is 8.49. The highest BCUT2D eigenvalue weighted by atomic mass is 16.2. The van der Waals surface area contributed by atoms with Gasteiger partial charge in [0.1, 0.15) is 0 Å². The maximum absolute atomic E-state index is 11.8. The third-order valence-corrected chi connectivity index (χ3v) is 2.77. The lowest BCUT2D eigenvalue weighted by molar-refractivity contribution is -0.122. The Labute approximate surface area is 110 Å². The predicted octanol–water partition coefficient (Wildman–Crippen LogP) is 2.25. The fourth-order valence-electron chi connectivity index (χ4n) is 1.64. The highest BCUT2D eigenvalue weighted by Crippen LogP contribution is 2.03. The first kappa shape index (κ1) is 14.7. The van der Waals surface area contributed by atoms with Crippen LogP contribution in [-0.4, -0.2) is 18.5 Å². The van der Waals surface area contributed by atoms with Crippen molar-refractivity contribution >= 4 is 5.91 Å². The summed E-state index contributed by atoms with van der Waals surface area (Å²) in [5, 5.41) is 6.17. The average molecular weight is 248 g/mol. The zero-order chi connectivity index (χ0) is 13.5. The Balaban J connectivity index is 2.36. The summed E-state index contributed by atoms with van der Waals surface area (Å²) in [6.45, 7) is 9.59. The van der Waals surface area contributed by atoms with Gasteiger partial charge in [-0.2, -0.15) is 0 Å². The van der Waals surface area contributed by atoms with Crippen LogP contribution in [0.4, 0.5) is 0 Å². The smallest absolute Gasteiger partial charge is 0.236 e. The molecule has 0 spiro atoms. The third-order valence-electron chi connectivity index (χ3n) is 2.77. The maximum Gasteiger partial charge on any atom is 0.236 e. The third kappa shape index (κ3) is 5.32. The maximum atomic E-state index is 11.8. The molecule has 0 fully saturated rings. The molecule has 2 N–H and O–H groups in total. The first-order valence-corrected chi connectivity index (χ1v) is 6.55. The number of hydrogen-bond acceptors (Lipinski definition) is 2. The van der Waals surface area contributed by atoms with Crippen molar-refractivity contribution < 1.29 is 4.79 Å². The molecule has 0 aliphatic heterocycles. The van der Waals surface area contributed by atoms with Crippen molar-refractivity contribution in [3.05, 3.63) is 35.4 Å². The molecule has 1 amide bonds. The topological polar surface area (TPSA) is 41.1 Å². The van der Waals surface area contributed by atoms with E-state index in [1.807, 2.05) is 13.0 Å².